The molecule has 0 atom stereocenters. The first-order chi connectivity index (χ1) is 20.8. The van der Waals surface area contributed by atoms with Crippen LogP contribution in [0.25, 0.3) is 52.3 Å². The van der Waals surface area contributed by atoms with Crippen molar-refractivity contribution >= 4 is 61.6 Å². The Hall–Kier alpha value is -4.88. The fraction of sp³-hybridized carbons (Fsp3) is 0. The van der Waals surface area contributed by atoms with Crippen LogP contribution in [0.4, 0.5) is 17.1 Å². The minimum absolute atomic E-state index is 0.286. The summed E-state index contributed by atoms with van der Waals surface area (Å²) in [4.78, 5) is 2.42. The number of nitrogens with zero attached hydrogens (tertiary/aromatic N) is 1. The molecule has 2 heteroatoms. The van der Waals surface area contributed by atoms with Gasteiger partial charge in [0.1, 0.15) is 0 Å². The van der Waals surface area contributed by atoms with Gasteiger partial charge in [0.2, 0.25) is 0 Å². The van der Waals surface area contributed by atoms with Gasteiger partial charge in [-0.3, -0.25) is 0 Å². The van der Waals surface area contributed by atoms with Crippen LogP contribution in [0.1, 0.15) is 0 Å². The average Bonchev–Trinajstić information content (AvgIpc) is 3.45. The molecule has 0 aliphatic heterocycles. The first kappa shape index (κ1) is 24.9. The van der Waals surface area contributed by atoms with E-state index in [1.54, 1.807) is 0 Å². The van der Waals surface area contributed by atoms with Gasteiger partial charge in [0.05, 0.1) is 0 Å². The molecule has 0 radical (unpaired) electrons. The maximum absolute atomic E-state index is 2.42. The summed E-state index contributed by atoms with van der Waals surface area (Å²) in [6.45, 7) is 0. The third-order valence-electron chi connectivity index (χ3n) is 8.06. The summed E-state index contributed by atoms with van der Waals surface area (Å²) in [6.07, 6.45) is 0. The van der Waals surface area contributed by atoms with E-state index in [-0.39, 0.29) is 14.5 Å². The van der Waals surface area contributed by atoms with Crippen LogP contribution in [0.5, 0.6) is 0 Å². The molecule has 0 amide bonds. The maximum atomic E-state index is 2.42. The summed E-state index contributed by atoms with van der Waals surface area (Å²) in [5, 5.41) is 5.42. The molecule has 0 saturated carbocycles. The first-order valence-corrected chi connectivity index (χ1v) is 16.0. The van der Waals surface area contributed by atoms with E-state index in [4.69, 9.17) is 0 Å². The molecule has 0 saturated heterocycles. The fourth-order valence-corrected chi connectivity index (χ4v) is 8.70. The average molecular weight is 601 g/mol. The number of anilines is 3. The second-order valence-corrected chi connectivity index (χ2v) is 12.8. The summed E-state index contributed by atoms with van der Waals surface area (Å²) in [5.74, 6) is 0. The zero-order valence-electron chi connectivity index (χ0n) is 22.9. The number of hydrogen-bond acceptors (Lipinski definition) is 1. The zero-order valence-corrected chi connectivity index (χ0v) is 24.7. The van der Waals surface area contributed by atoms with Gasteiger partial charge >= 0.3 is 247 Å². The Morgan fingerprint density at radius 1 is 0.405 bits per heavy atom. The van der Waals surface area contributed by atoms with Crippen LogP contribution in [0.3, 0.4) is 0 Å². The second-order valence-electron chi connectivity index (χ2n) is 10.5. The molecule has 0 fully saturated rings. The van der Waals surface area contributed by atoms with E-state index in [9.17, 15) is 0 Å². The van der Waals surface area contributed by atoms with E-state index in [1.807, 2.05) is 0 Å². The SMILES string of the molecule is c1ccc(-c2ccccc2-c2ccccc2N(c2ccccc2)c2ccc3ccc4c5ccccc5[se]c4c3c2)cc1. The van der Waals surface area contributed by atoms with Gasteiger partial charge in [0.25, 0.3) is 0 Å². The molecule has 0 spiro atoms. The van der Waals surface area contributed by atoms with Crippen LogP contribution in [-0.4, -0.2) is 14.5 Å². The van der Waals surface area contributed by atoms with Crippen molar-refractivity contribution < 1.29 is 0 Å². The van der Waals surface area contributed by atoms with Crippen molar-refractivity contribution in [3.05, 3.63) is 164 Å². The zero-order chi connectivity index (χ0) is 27.9. The van der Waals surface area contributed by atoms with E-state index in [0.717, 1.165) is 11.4 Å². The number of hydrogen-bond donors (Lipinski definition) is 0. The summed E-state index contributed by atoms with van der Waals surface area (Å²) >= 11 is 0.286. The molecule has 0 aliphatic rings. The van der Waals surface area contributed by atoms with Crippen molar-refractivity contribution in [2.75, 3.05) is 4.90 Å². The van der Waals surface area contributed by atoms with E-state index < -0.39 is 0 Å². The molecule has 0 N–H and O–H groups in total. The first-order valence-electron chi connectivity index (χ1n) is 14.3. The molecule has 0 unspecified atom stereocenters. The predicted molar refractivity (Wildman–Crippen MR) is 181 cm³/mol. The van der Waals surface area contributed by atoms with E-state index in [0.29, 0.717) is 0 Å². The van der Waals surface area contributed by atoms with Gasteiger partial charge in [0.15, 0.2) is 0 Å². The van der Waals surface area contributed by atoms with E-state index in [2.05, 4.69) is 169 Å². The Morgan fingerprint density at radius 3 is 1.88 bits per heavy atom. The molecule has 8 aromatic rings. The number of rotatable bonds is 5. The van der Waals surface area contributed by atoms with Crippen molar-refractivity contribution in [1.82, 2.24) is 0 Å². The van der Waals surface area contributed by atoms with Gasteiger partial charge in [-0.25, -0.2) is 0 Å². The normalized spacial score (nSPS) is 11.3. The Bertz CT molecular complexity index is 2200. The standard InChI is InChI=1S/C40H27NSe/c1-3-13-28(14-4-1)32-17-7-8-18-33(32)34-19-9-11-21-38(34)41(30-15-5-2-6-16-30)31-25-23-29-24-26-36-35-20-10-12-22-39(35)42-40(36)37(29)27-31/h1-27H. The molecular weight excluding hydrogens is 573 g/mol. The summed E-state index contributed by atoms with van der Waals surface area (Å²) in [7, 11) is 0. The quantitative estimate of drug-likeness (QED) is 0.178. The number of fused-ring (bicyclic) bond motifs is 5. The Kier molecular flexibility index (Phi) is 6.22. The van der Waals surface area contributed by atoms with Crippen LogP contribution in [-0.2, 0) is 0 Å². The third-order valence-corrected chi connectivity index (χ3v) is 10.6. The molecule has 1 heterocycles. The molecule has 7 aromatic carbocycles. The van der Waals surface area contributed by atoms with Crippen molar-refractivity contribution in [2.24, 2.45) is 0 Å². The Morgan fingerprint density at radius 2 is 1.05 bits per heavy atom. The van der Waals surface area contributed by atoms with Crippen molar-refractivity contribution in [3.63, 3.8) is 0 Å². The van der Waals surface area contributed by atoms with Gasteiger partial charge in [-0.2, -0.15) is 0 Å². The topological polar surface area (TPSA) is 3.24 Å². The molecule has 42 heavy (non-hydrogen) atoms. The monoisotopic (exact) mass is 601 g/mol. The second kappa shape index (κ2) is 10.5. The summed E-state index contributed by atoms with van der Waals surface area (Å²) in [6, 6.07) is 59.5. The van der Waals surface area contributed by atoms with Crippen molar-refractivity contribution in [2.45, 2.75) is 0 Å². The predicted octanol–water partition coefficient (Wildman–Crippen LogP) is 11.0. The fourth-order valence-electron chi connectivity index (χ4n) is 6.12. The van der Waals surface area contributed by atoms with Gasteiger partial charge in [-0.1, -0.05) is 6.07 Å². The molecule has 1 nitrogen and oxygen atoms in total. The number of para-hydroxylation sites is 2. The molecule has 1 aromatic heterocycles. The van der Waals surface area contributed by atoms with Gasteiger partial charge < -0.3 is 0 Å². The summed E-state index contributed by atoms with van der Waals surface area (Å²) in [5.41, 5.74) is 8.35. The van der Waals surface area contributed by atoms with Crippen molar-refractivity contribution in [1.29, 1.82) is 0 Å². The molecule has 0 aliphatic carbocycles. The molecular formula is C40H27NSe. The molecule has 198 valence electrons. The van der Waals surface area contributed by atoms with Crippen LogP contribution >= 0.6 is 0 Å². The van der Waals surface area contributed by atoms with Crippen LogP contribution in [0.15, 0.2) is 164 Å². The number of benzene rings is 7. The van der Waals surface area contributed by atoms with Gasteiger partial charge in [0, 0.05) is 0 Å². The molecule has 0 bridgehead atoms. The van der Waals surface area contributed by atoms with E-state index in [1.165, 1.54) is 58.0 Å². The summed E-state index contributed by atoms with van der Waals surface area (Å²) < 4.78 is 2.96. The molecule has 8 rings (SSSR count). The van der Waals surface area contributed by atoms with Crippen LogP contribution < -0.4 is 4.90 Å². The van der Waals surface area contributed by atoms with E-state index >= 15 is 0 Å². The van der Waals surface area contributed by atoms with Crippen molar-refractivity contribution in [3.8, 4) is 22.3 Å². The van der Waals surface area contributed by atoms with Crippen LogP contribution in [0, 0.1) is 0 Å². The Labute approximate surface area is 251 Å². The Balaban J connectivity index is 1.38. The minimum atomic E-state index is 0.286. The van der Waals surface area contributed by atoms with Crippen LogP contribution in [0.2, 0.25) is 0 Å². The van der Waals surface area contributed by atoms with Gasteiger partial charge in [-0.15, -0.1) is 0 Å². The van der Waals surface area contributed by atoms with Gasteiger partial charge in [-0.05, 0) is 0 Å². The third kappa shape index (κ3) is 4.25.